The van der Waals surface area contributed by atoms with Gasteiger partial charge >= 0.3 is 0 Å². The van der Waals surface area contributed by atoms with E-state index in [2.05, 4.69) is 5.32 Å². The quantitative estimate of drug-likeness (QED) is 0.483. The van der Waals surface area contributed by atoms with Crippen molar-refractivity contribution in [1.82, 2.24) is 10.2 Å². The van der Waals surface area contributed by atoms with Crippen LogP contribution in [0.1, 0.15) is 31.2 Å². The molecular formula is C29H27ClN2O6S. The molecule has 3 saturated heterocycles. The molecule has 6 rings (SSSR count). The Hall–Kier alpha value is -3.56. The molecule has 8 nitrogen and oxygen atoms in total. The van der Waals surface area contributed by atoms with E-state index >= 15 is 0 Å². The van der Waals surface area contributed by atoms with Gasteiger partial charge in [0.05, 0.1) is 11.3 Å². The third-order valence-corrected chi connectivity index (χ3v) is 10.1. The van der Waals surface area contributed by atoms with Crippen molar-refractivity contribution in [2.24, 2.45) is 5.92 Å². The Balaban J connectivity index is 0.000000292. The summed E-state index contributed by atoms with van der Waals surface area (Å²) in [6.07, 6.45) is 1.40. The summed E-state index contributed by atoms with van der Waals surface area (Å²) in [6.45, 7) is 0.648. The predicted octanol–water partition coefficient (Wildman–Crippen LogP) is 3.49. The van der Waals surface area contributed by atoms with Gasteiger partial charge in [0.25, 0.3) is 0 Å². The number of fused-ring (bicyclic) bond motifs is 2. The lowest BCUT2D eigenvalue weighted by molar-refractivity contribution is -0.150. The minimum atomic E-state index is -4.06. The van der Waals surface area contributed by atoms with Gasteiger partial charge < -0.3 is 10.2 Å². The number of Topliss-reactive ketones (excluding diaryl/α,β-unsaturated/α-hetero) is 2. The summed E-state index contributed by atoms with van der Waals surface area (Å²) in [6, 6.07) is 19.6. The largest absolute Gasteiger partial charge is 0.356 e. The van der Waals surface area contributed by atoms with Crippen LogP contribution in [0.3, 0.4) is 0 Å². The van der Waals surface area contributed by atoms with Crippen LogP contribution in [0.15, 0.2) is 71.6 Å². The van der Waals surface area contributed by atoms with Crippen molar-refractivity contribution in [2.45, 2.75) is 41.9 Å². The van der Waals surface area contributed by atoms with E-state index in [-0.39, 0.29) is 35.5 Å². The molecule has 0 aliphatic carbocycles. The summed E-state index contributed by atoms with van der Waals surface area (Å²) >= 11 is 5.88. The number of halogens is 1. The zero-order valence-corrected chi connectivity index (χ0v) is 22.6. The van der Waals surface area contributed by atoms with E-state index in [0.29, 0.717) is 37.3 Å². The van der Waals surface area contributed by atoms with Crippen LogP contribution >= 0.6 is 11.6 Å². The van der Waals surface area contributed by atoms with Gasteiger partial charge in [-0.15, -0.1) is 0 Å². The molecule has 3 aromatic carbocycles. The minimum absolute atomic E-state index is 0.000787. The van der Waals surface area contributed by atoms with Gasteiger partial charge in [0.1, 0.15) is 5.78 Å². The van der Waals surface area contributed by atoms with E-state index < -0.39 is 26.4 Å². The molecule has 0 spiro atoms. The van der Waals surface area contributed by atoms with Gasteiger partial charge in [-0.3, -0.25) is 19.2 Å². The van der Waals surface area contributed by atoms with Crippen LogP contribution < -0.4 is 5.32 Å². The van der Waals surface area contributed by atoms with Gasteiger partial charge in [-0.1, -0.05) is 54.1 Å². The molecule has 202 valence electrons. The summed E-state index contributed by atoms with van der Waals surface area (Å²) in [5.41, 5.74) is 0.945. The summed E-state index contributed by atoms with van der Waals surface area (Å²) in [5, 5.41) is 5.17. The average molecular weight is 567 g/mol. The van der Waals surface area contributed by atoms with Gasteiger partial charge in [0.2, 0.25) is 26.5 Å². The van der Waals surface area contributed by atoms with E-state index in [9.17, 15) is 27.6 Å². The number of amides is 2. The lowest BCUT2D eigenvalue weighted by Gasteiger charge is -2.44. The first-order valence-corrected chi connectivity index (χ1v) is 14.6. The Kier molecular flexibility index (Phi) is 7.31. The molecule has 3 heterocycles. The SMILES string of the molecule is O=C1CC2(S(=O)(=O)c3ccc(Cl)cc3)C(=O)C(Cc3ccc4ccccc4c3)CN12.O=C1CCNC(=O)CC1. The zero-order chi connectivity index (χ0) is 27.8. The fourth-order valence-electron chi connectivity index (χ4n) is 5.39. The molecule has 10 heteroatoms. The number of nitrogens with one attached hydrogen (secondary N) is 1. The molecule has 3 aromatic rings. The molecule has 3 fully saturated rings. The molecule has 39 heavy (non-hydrogen) atoms. The average Bonchev–Trinajstić information content (AvgIpc) is 3.01. The summed E-state index contributed by atoms with van der Waals surface area (Å²) in [7, 11) is -4.06. The Morgan fingerprint density at radius 2 is 1.62 bits per heavy atom. The molecule has 3 aliphatic heterocycles. The highest BCUT2D eigenvalue weighted by atomic mass is 35.5. The molecule has 3 aliphatic rings. The normalized spacial score (nSPS) is 22.9. The van der Waals surface area contributed by atoms with Crippen LogP contribution in [0.25, 0.3) is 10.8 Å². The Bertz CT molecular complexity index is 1570. The number of carbonyl (C=O) groups is 4. The maximum Gasteiger partial charge on any atom is 0.228 e. The van der Waals surface area contributed by atoms with Crippen molar-refractivity contribution in [3.8, 4) is 0 Å². The first-order valence-electron chi connectivity index (χ1n) is 12.7. The molecule has 0 aromatic heterocycles. The fourth-order valence-corrected chi connectivity index (χ4v) is 7.62. The number of ketones is 2. The number of hydrogen-bond acceptors (Lipinski definition) is 6. The number of nitrogens with zero attached hydrogens (tertiary/aromatic N) is 1. The molecule has 0 bridgehead atoms. The molecular weight excluding hydrogens is 540 g/mol. The maximum absolute atomic E-state index is 13.4. The standard InChI is InChI=1S/C23H18ClNO4S.C6H9NO2/c24-19-7-9-20(10-8-19)30(28,29)23-13-21(26)25(23)14-18(22(23)27)12-15-5-6-16-3-1-2-4-17(16)11-15;8-5-1-2-6(9)7-4-3-5/h1-11,18H,12-14H2;1-4H2,(H,7,9). The number of carbonyl (C=O) groups excluding carboxylic acids is 4. The highest BCUT2D eigenvalue weighted by molar-refractivity contribution is 7.93. The monoisotopic (exact) mass is 566 g/mol. The highest BCUT2D eigenvalue weighted by Gasteiger charge is 2.70. The Morgan fingerprint density at radius 1 is 0.897 bits per heavy atom. The first kappa shape index (κ1) is 27.0. The second kappa shape index (κ2) is 10.5. The first-order chi connectivity index (χ1) is 18.6. The second-order valence-electron chi connectivity index (χ2n) is 10.0. The number of hydrogen-bond donors (Lipinski definition) is 1. The maximum atomic E-state index is 13.4. The summed E-state index contributed by atoms with van der Waals surface area (Å²) in [4.78, 5) is 46.3. The van der Waals surface area contributed by atoms with Crippen molar-refractivity contribution >= 4 is 55.6 Å². The molecule has 1 N–H and O–H groups in total. The van der Waals surface area contributed by atoms with Crippen LogP contribution in [0, 0.1) is 5.92 Å². The van der Waals surface area contributed by atoms with Crippen LogP contribution in [0.5, 0.6) is 0 Å². The van der Waals surface area contributed by atoms with Crippen LogP contribution in [0.2, 0.25) is 5.02 Å². The smallest absolute Gasteiger partial charge is 0.228 e. The van der Waals surface area contributed by atoms with E-state index in [1.165, 1.54) is 29.2 Å². The van der Waals surface area contributed by atoms with Crippen molar-refractivity contribution in [2.75, 3.05) is 13.1 Å². The van der Waals surface area contributed by atoms with Crippen LogP contribution in [-0.2, 0) is 35.4 Å². The molecule has 0 radical (unpaired) electrons. The Labute approximate surface area is 231 Å². The van der Waals surface area contributed by atoms with E-state index in [4.69, 9.17) is 11.6 Å². The lowest BCUT2D eigenvalue weighted by Crippen LogP contribution is -2.67. The zero-order valence-electron chi connectivity index (χ0n) is 21.1. The third kappa shape index (κ3) is 4.96. The summed E-state index contributed by atoms with van der Waals surface area (Å²) in [5.74, 6) is -1.07. The second-order valence-corrected chi connectivity index (χ2v) is 12.6. The molecule has 2 atom stereocenters. The van der Waals surface area contributed by atoms with E-state index in [1.807, 2.05) is 42.5 Å². The summed E-state index contributed by atoms with van der Waals surface area (Å²) < 4.78 is 26.8. The van der Waals surface area contributed by atoms with E-state index in [0.717, 1.165) is 16.3 Å². The van der Waals surface area contributed by atoms with Crippen molar-refractivity contribution < 1.29 is 27.6 Å². The predicted molar refractivity (Wildman–Crippen MR) is 146 cm³/mol. The number of β-lactam (4-membered cyclic amide) rings is 1. The van der Waals surface area contributed by atoms with Crippen molar-refractivity contribution in [3.63, 3.8) is 0 Å². The minimum Gasteiger partial charge on any atom is -0.356 e. The number of benzene rings is 3. The van der Waals surface area contributed by atoms with Crippen molar-refractivity contribution in [1.29, 1.82) is 0 Å². The highest BCUT2D eigenvalue weighted by Crippen LogP contribution is 2.48. The van der Waals surface area contributed by atoms with E-state index in [1.54, 1.807) is 0 Å². The van der Waals surface area contributed by atoms with Crippen LogP contribution in [-0.4, -0.2) is 54.7 Å². The van der Waals surface area contributed by atoms with Gasteiger partial charge in [0, 0.05) is 43.3 Å². The molecule has 2 unspecified atom stereocenters. The van der Waals surface area contributed by atoms with Gasteiger partial charge in [-0.2, -0.15) is 0 Å². The molecule has 0 saturated carbocycles. The van der Waals surface area contributed by atoms with Gasteiger partial charge in [-0.25, -0.2) is 8.42 Å². The van der Waals surface area contributed by atoms with Gasteiger partial charge in [0.15, 0.2) is 5.78 Å². The lowest BCUT2D eigenvalue weighted by atomic mass is 9.92. The van der Waals surface area contributed by atoms with Crippen LogP contribution in [0.4, 0.5) is 0 Å². The third-order valence-electron chi connectivity index (χ3n) is 7.51. The molecule has 2 amide bonds. The topological polar surface area (TPSA) is 118 Å². The fraction of sp³-hybridized carbons (Fsp3) is 0.310. The van der Waals surface area contributed by atoms with Gasteiger partial charge in [-0.05, 0) is 47.0 Å². The Morgan fingerprint density at radius 3 is 2.33 bits per heavy atom. The number of rotatable bonds is 4. The van der Waals surface area contributed by atoms with Crippen molar-refractivity contribution in [3.05, 3.63) is 77.3 Å². The number of sulfone groups is 1.